The number of fused-ring (bicyclic) bond motifs is 6. The quantitative estimate of drug-likeness (QED) is 0.169. The van der Waals surface area contributed by atoms with Crippen molar-refractivity contribution in [3.05, 3.63) is 125 Å². The molecule has 0 radical (unpaired) electrons. The van der Waals surface area contributed by atoms with Crippen LogP contribution in [0.5, 0.6) is 0 Å². The molecule has 6 aromatic rings. The van der Waals surface area contributed by atoms with Crippen molar-refractivity contribution < 1.29 is 4.42 Å². The van der Waals surface area contributed by atoms with Gasteiger partial charge in [0.25, 0.3) is 6.71 Å². The molecule has 0 N–H and O–H groups in total. The summed E-state index contributed by atoms with van der Waals surface area (Å²) in [5.74, 6) is 0.458. The fourth-order valence-electron chi connectivity index (χ4n) is 8.51. The number of hydrogen-bond acceptors (Lipinski definition) is 3. The van der Waals surface area contributed by atoms with E-state index >= 15 is 0 Å². The molecule has 0 atom stereocenters. The van der Waals surface area contributed by atoms with Crippen LogP contribution in [0.25, 0.3) is 11.0 Å². The van der Waals surface area contributed by atoms with E-state index < -0.39 is 0 Å². The van der Waals surface area contributed by atoms with Crippen molar-refractivity contribution >= 4 is 68.4 Å². The van der Waals surface area contributed by atoms with Gasteiger partial charge in [-0.3, -0.25) is 0 Å². The smallest absolute Gasteiger partial charge is 0.297 e. The van der Waals surface area contributed by atoms with Gasteiger partial charge in [-0.2, -0.15) is 0 Å². The fourth-order valence-corrected chi connectivity index (χ4v) is 8.51. The van der Waals surface area contributed by atoms with Crippen LogP contribution in [0.2, 0.25) is 0 Å². The molecule has 5 aromatic carbocycles. The van der Waals surface area contributed by atoms with E-state index in [1.54, 1.807) is 0 Å². The lowest BCUT2D eigenvalue weighted by atomic mass is 9.35. The van der Waals surface area contributed by atoms with E-state index in [-0.39, 0.29) is 28.4 Å². The fraction of sp³-hybridized carbons (Fsp3) is 0.373. The summed E-state index contributed by atoms with van der Waals surface area (Å²) in [7, 11) is 0. The molecule has 0 fully saturated rings. The summed E-state index contributed by atoms with van der Waals surface area (Å²) in [6.45, 7) is 32.2. The molecule has 8 rings (SSSR count). The van der Waals surface area contributed by atoms with Crippen LogP contribution in [-0.2, 0) is 21.7 Å². The van der Waals surface area contributed by atoms with Gasteiger partial charge in [0.2, 0.25) is 0 Å². The Labute approximate surface area is 330 Å². The predicted octanol–water partition coefficient (Wildman–Crippen LogP) is 12.8. The topological polar surface area (TPSA) is 19.6 Å². The first-order chi connectivity index (χ1) is 25.6. The molecule has 0 aliphatic carbocycles. The Morgan fingerprint density at radius 3 is 1.53 bits per heavy atom. The van der Waals surface area contributed by atoms with Crippen LogP contribution in [-0.4, -0.2) is 6.71 Å². The Balaban J connectivity index is 1.51. The first-order valence-corrected chi connectivity index (χ1v) is 20.3. The maximum atomic E-state index is 7.21. The minimum absolute atomic E-state index is 0.0108. The van der Waals surface area contributed by atoms with Crippen molar-refractivity contribution in [1.29, 1.82) is 0 Å². The number of hydrogen-bond donors (Lipinski definition) is 0. The summed E-state index contributed by atoms with van der Waals surface area (Å²) in [5, 5.41) is 1.16. The van der Waals surface area contributed by atoms with E-state index in [0.717, 1.165) is 28.0 Å². The molecule has 0 saturated heterocycles. The molecular formula is C51H59BN2O. The third-order valence-corrected chi connectivity index (χ3v) is 12.1. The number of nitrogens with zero attached hydrogens (tertiary/aromatic N) is 2. The molecule has 1 aromatic heterocycles. The van der Waals surface area contributed by atoms with Crippen molar-refractivity contribution in [1.82, 2.24) is 0 Å². The van der Waals surface area contributed by atoms with E-state index in [1.165, 1.54) is 61.5 Å². The number of benzene rings is 5. The largest absolute Gasteiger partial charge is 0.468 e. The highest BCUT2D eigenvalue weighted by atomic mass is 16.3. The second kappa shape index (κ2) is 12.4. The monoisotopic (exact) mass is 726 g/mol. The highest BCUT2D eigenvalue weighted by Crippen LogP contribution is 2.49. The van der Waals surface area contributed by atoms with Crippen LogP contribution in [0, 0.1) is 0 Å². The Bertz CT molecular complexity index is 2440. The lowest BCUT2D eigenvalue weighted by molar-refractivity contribution is 0.589. The standard InChI is InChI=1S/C51H59BN2O/c1-31(2)32-15-21-37(22-16-32)53-41-28-35(50(9,10)11)19-25-40(41)52-45-42(53)29-36(51(12,13)14)30-43(45)54(38-23-17-33(18-24-38)48(3,4)5)46-39-27-34(49(6,7)8)20-26-44(39)55-47(46)52/h15-31H,1-14H3. The van der Waals surface area contributed by atoms with Gasteiger partial charge in [-0.1, -0.05) is 139 Å². The van der Waals surface area contributed by atoms with Crippen LogP contribution >= 0.6 is 0 Å². The Morgan fingerprint density at radius 2 is 0.964 bits per heavy atom. The minimum Gasteiger partial charge on any atom is -0.468 e. The summed E-state index contributed by atoms with van der Waals surface area (Å²) in [4.78, 5) is 5.07. The second-order valence-electron chi connectivity index (χ2n) is 20.6. The Kier molecular flexibility index (Phi) is 8.40. The highest BCUT2D eigenvalue weighted by molar-refractivity contribution is 7.00. The first kappa shape index (κ1) is 37.2. The first-order valence-electron chi connectivity index (χ1n) is 20.3. The van der Waals surface area contributed by atoms with Crippen molar-refractivity contribution in [2.75, 3.05) is 9.80 Å². The molecule has 2 aliphatic heterocycles. The van der Waals surface area contributed by atoms with Gasteiger partial charge in [0, 0.05) is 33.8 Å². The Morgan fingerprint density at radius 1 is 0.491 bits per heavy atom. The third kappa shape index (κ3) is 6.21. The van der Waals surface area contributed by atoms with Gasteiger partial charge in [-0.05, 0) is 121 Å². The summed E-state index contributed by atoms with van der Waals surface area (Å²) in [5.41, 5.74) is 18.2. The molecule has 2 aliphatic rings. The van der Waals surface area contributed by atoms with E-state index in [1.807, 2.05) is 0 Å². The van der Waals surface area contributed by atoms with Gasteiger partial charge in [0.15, 0.2) is 0 Å². The summed E-state index contributed by atoms with van der Waals surface area (Å²) in [6, 6.07) is 37.6. The molecule has 0 amide bonds. The predicted molar refractivity (Wildman–Crippen MR) is 239 cm³/mol. The van der Waals surface area contributed by atoms with Gasteiger partial charge in [-0.15, -0.1) is 0 Å². The molecule has 3 heterocycles. The molecule has 3 nitrogen and oxygen atoms in total. The lowest BCUT2D eigenvalue weighted by Gasteiger charge is -2.44. The number of rotatable bonds is 3. The molecule has 282 valence electrons. The molecule has 55 heavy (non-hydrogen) atoms. The molecule has 0 unspecified atom stereocenters. The van der Waals surface area contributed by atoms with Gasteiger partial charge in [0.05, 0.1) is 11.3 Å². The van der Waals surface area contributed by atoms with Crippen molar-refractivity contribution in [2.24, 2.45) is 0 Å². The van der Waals surface area contributed by atoms with Crippen LogP contribution in [0.4, 0.5) is 34.1 Å². The SMILES string of the molecule is CC(C)c1ccc(N2c3cc(C(C)(C)C)ccc3B3c4oc5ccc(C(C)(C)C)cc5c4N(c4ccc(C(C)(C)C)cc4)c4cc(C(C)(C)C)cc2c43)cc1. The van der Waals surface area contributed by atoms with E-state index in [4.69, 9.17) is 4.42 Å². The van der Waals surface area contributed by atoms with Crippen molar-refractivity contribution in [2.45, 2.75) is 125 Å². The van der Waals surface area contributed by atoms with Gasteiger partial charge in [-0.25, -0.2) is 0 Å². The van der Waals surface area contributed by atoms with Crippen LogP contribution < -0.4 is 26.4 Å². The maximum Gasteiger partial charge on any atom is 0.297 e. The second-order valence-corrected chi connectivity index (χ2v) is 20.6. The number of furan rings is 1. The lowest BCUT2D eigenvalue weighted by Crippen LogP contribution is -2.61. The average molecular weight is 727 g/mol. The molecular weight excluding hydrogens is 667 g/mol. The van der Waals surface area contributed by atoms with Crippen molar-refractivity contribution in [3.63, 3.8) is 0 Å². The molecule has 4 heteroatoms. The van der Waals surface area contributed by atoms with Crippen LogP contribution in [0.1, 0.15) is 131 Å². The van der Waals surface area contributed by atoms with Gasteiger partial charge >= 0.3 is 0 Å². The summed E-state index contributed by atoms with van der Waals surface area (Å²) < 4.78 is 7.21. The summed E-state index contributed by atoms with van der Waals surface area (Å²) >= 11 is 0. The van der Waals surface area contributed by atoms with E-state index in [2.05, 4.69) is 204 Å². The zero-order chi connectivity index (χ0) is 39.6. The van der Waals surface area contributed by atoms with Gasteiger partial charge < -0.3 is 14.2 Å². The highest BCUT2D eigenvalue weighted by Gasteiger charge is 2.47. The zero-order valence-electron chi connectivity index (χ0n) is 35.7. The van der Waals surface area contributed by atoms with Crippen molar-refractivity contribution in [3.8, 4) is 0 Å². The van der Waals surface area contributed by atoms with Crippen LogP contribution in [0.3, 0.4) is 0 Å². The Hall–Kier alpha value is -4.70. The third-order valence-electron chi connectivity index (χ3n) is 12.1. The number of anilines is 6. The minimum atomic E-state index is -0.0956. The zero-order valence-corrected chi connectivity index (χ0v) is 35.7. The molecule has 0 saturated carbocycles. The average Bonchev–Trinajstić information content (AvgIpc) is 3.48. The maximum absolute atomic E-state index is 7.21. The van der Waals surface area contributed by atoms with E-state index in [9.17, 15) is 0 Å². The van der Waals surface area contributed by atoms with Crippen LogP contribution in [0.15, 0.2) is 101 Å². The normalized spacial score (nSPS) is 14.4. The van der Waals surface area contributed by atoms with Gasteiger partial charge in [0.1, 0.15) is 5.58 Å². The summed E-state index contributed by atoms with van der Waals surface area (Å²) in [6.07, 6.45) is 0. The van der Waals surface area contributed by atoms with E-state index in [0.29, 0.717) is 5.92 Å². The molecule has 0 spiro atoms. The molecule has 0 bridgehead atoms.